The Bertz CT molecular complexity index is 928. The fourth-order valence-corrected chi connectivity index (χ4v) is 3.72. The van der Waals surface area contributed by atoms with Crippen LogP contribution in [0.2, 0.25) is 0 Å². The van der Waals surface area contributed by atoms with Crippen molar-refractivity contribution in [1.29, 1.82) is 0 Å². The van der Waals surface area contributed by atoms with Crippen LogP contribution >= 0.6 is 12.6 Å². The molecular formula is C23H29BrN2S. The maximum absolute atomic E-state index is 4.67. The molecule has 0 fully saturated rings. The minimum atomic E-state index is 0. The average Bonchev–Trinajstić information content (AvgIpc) is 2.98. The second kappa shape index (κ2) is 8.24. The van der Waals surface area contributed by atoms with Crippen LogP contribution in [-0.4, -0.2) is 4.57 Å². The average molecular weight is 445 g/mol. The third-order valence-electron chi connectivity index (χ3n) is 4.99. The lowest BCUT2D eigenvalue weighted by Crippen LogP contribution is -3.00. The number of hydrogen-bond donors (Lipinski definition) is 1. The summed E-state index contributed by atoms with van der Waals surface area (Å²) in [7, 11) is 0. The fourth-order valence-electron chi connectivity index (χ4n) is 3.47. The molecule has 27 heavy (non-hydrogen) atoms. The first-order chi connectivity index (χ1) is 12.1. The summed E-state index contributed by atoms with van der Waals surface area (Å²) in [6.07, 6.45) is 6.40. The summed E-state index contributed by atoms with van der Waals surface area (Å²) in [6, 6.07) is 11.0. The number of aromatic nitrogens is 2. The zero-order valence-electron chi connectivity index (χ0n) is 17.0. The smallest absolute Gasteiger partial charge is 0.249 e. The topological polar surface area (TPSA) is 8.81 Å². The van der Waals surface area contributed by atoms with Crippen LogP contribution in [0, 0.1) is 20.8 Å². The van der Waals surface area contributed by atoms with Gasteiger partial charge < -0.3 is 17.0 Å². The predicted octanol–water partition coefficient (Wildman–Crippen LogP) is 2.33. The van der Waals surface area contributed by atoms with Gasteiger partial charge in [0.05, 0.1) is 4.90 Å². The van der Waals surface area contributed by atoms with Gasteiger partial charge in [-0.2, -0.15) is 0 Å². The molecule has 3 rings (SSSR count). The Morgan fingerprint density at radius 3 is 2.22 bits per heavy atom. The minimum absolute atomic E-state index is 0. The Labute approximate surface area is 179 Å². The number of aryl methyl sites for hydroxylation is 3. The van der Waals surface area contributed by atoms with Gasteiger partial charge in [-0.05, 0) is 60.6 Å². The molecule has 0 saturated heterocycles. The van der Waals surface area contributed by atoms with E-state index < -0.39 is 0 Å². The van der Waals surface area contributed by atoms with Crippen LogP contribution in [0.5, 0.6) is 0 Å². The van der Waals surface area contributed by atoms with Crippen LogP contribution in [0.25, 0.3) is 5.69 Å². The number of rotatable bonds is 3. The van der Waals surface area contributed by atoms with E-state index in [1.165, 1.54) is 27.8 Å². The van der Waals surface area contributed by atoms with Gasteiger partial charge in [-0.3, -0.25) is 0 Å². The van der Waals surface area contributed by atoms with Crippen molar-refractivity contribution in [2.45, 2.75) is 58.4 Å². The van der Waals surface area contributed by atoms with Crippen LogP contribution in [0.4, 0.5) is 0 Å². The maximum atomic E-state index is 4.67. The van der Waals surface area contributed by atoms with Crippen LogP contribution in [-0.2, 0) is 12.0 Å². The van der Waals surface area contributed by atoms with Crippen LogP contribution in [0.3, 0.4) is 0 Å². The third-order valence-corrected chi connectivity index (χ3v) is 5.37. The molecule has 0 aliphatic heterocycles. The van der Waals surface area contributed by atoms with Crippen molar-refractivity contribution in [1.82, 2.24) is 4.57 Å². The number of benzene rings is 2. The van der Waals surface area contributed by atoms with Gasteiger partial charge in [0.1, 0.15) is 24.6 Å². The summed E-state index contributed by atoms with van der Waals surface area (Å²) in [5.41, 5.74) is 7.99. The van der Waals surface area contributed by atoms with Crippen molar-refractivity contribution >= 4 is 12.6 Å². The lowest BCUT2D eigenvalue weighted by molar-refractivity contribution is -0.687. The second-order valence-corrected chi connectivity index (χ2v) is 8.81. The van der Waals surface area contributed by atoms with Crippen molar-refractivity contribution in [2.24, 2.45) is 0 Å². The Hall–Kier alpha value is -1.52. The Morgan fingerprint density at radius 1 is 1.00 bits per heavy atom. The SMILES string of the molecule is Cc1cc(C)c(C[n+]2ccn(-c3cc(C(C)(C)C)ccc3S)c2)c(C)c1.[Br-]. The quantitative estimate of drug-likeness (QED) is 0.468. The summed E-state index contributed by atoms with van der Waals surface area (Å²) < 4.78 is 4.40. The van der Waals surface area contributed by atoms with Gasteiger partial charge >= 0.3 is 0 Å². The summed E-state index contributed by atoms with van der Waals surface area (Å²) in [4.78, 5) is 0.989. The molecule has 0 unspecified atom stereocenters. The summed E-state index contributed by atoms with van der Waals surface area (Å²) >= 11 is 4.67. The molecule has 2 nitrogen and oxygen atoms in total. The van der Waals surface area contributed by atoms with E-state index in [0.717, 1.165) is 17.1 Å². The highest BCUT2D eigenvalue weighted by Crippen LogP contribution is 2.28. The zero-order valence-corrected chi connectivity index (χ0v) is 19.5. The molecule has 0 saturated carbocycles. The van der Waals surface area contributed by atoms with Crippen LogP contribution in [0.1, 0.15) is 48.6 Å². The van der Waals surface area contributed by atoms with E-state index in [9.17, 15) is 0 Å². The lowest BCUT2D eigenvalue weighted by Gasteiger charge is -2.19. The van der Waals surface area contributed by atoms with Gasteiger partial charge in [-0.1, -0.05) is 44.5 Å². The highest BCUT2D eigenvalue weighted by atomic mass is 79.9. The molecule has 3 aromatic rings. The molecule has 2 aromatic carbocycles. The number of halogens is 1. The van der Waals surface area contributed by atoms with Crippen LogP contribution in [0.15, 0.2) is 53.9 Å². The van der Waals surface area contributed by atoms with Gasteiger partial charge in [0.15, 0.2) is 0 Å². The highest BCUT2D eigenvalue weighted by molar-refractivity contribution is 7.80. The van der Waals surface area contributed by atoms with E-state index in [1.807, 2.05) is 0 Å². The summed E-state index contributed by atoms with van der Waals surface area (Å²) in [6.45, 7) is 14.2. The first-order valence-corrected chi connectivity index (χ1v) is 9.57. The highest BCUT2D eigenvalue weighted by Gasteiger charge is 2.18. The number of thiol groups is 1. The predicted molar refractivity (Wildman–Crippen MR) is 112 cm³/mol. The molecule has 144 valence electrons. The molecule has 4 heteroatoms. The van der Waals surface area contributed by atoms with Crippen molar-refractivity contribution in [3.63, 3.8) is 0 Å². The molecule has 0 N–H and O–H groups in total. The minimum Gasteiger partial charge on any atom is -1.00 e. The van der Waals surface area contributed by atoms with E-state index in [1.54, 1.807) is 0 Å². The Kier molecular flexibility index (Phi) is 6.64. The molecule has 0 aliphatic carbocycles. The summed E-state index contributed by atoms with van der Waals surface area (Å²) in [5.74, 6) is 0. The second-order valence-electron chi connectivity index (χ2n) is 8.32. The molecule has 0 atom stereocenters. The molecule has 0 spiro atoms. The summed E-state index contributed by atoms with van der Waals surface area (Å²) in [5, 5.41) is 0. The fraction of sp³-hybridized carbons (Fsp3) is 0.348. The number of imidazole rings is 1. The zero-order chi connectivity index (χ0) is 19.1. The molecule has 0 aliphatic rings. The van der Waals surface area contributed by atoms with E-state index in [2.05, 4.69) is 112 Å². The van der Waals surface area contributed by atoms with Crippen molar-refractivity contribution in [2.75, 3.05) is 0 Å². The van der Waals surface area contributed by atoms with Gasteiger partial charge in [0.25, 0.3) is 0 Å². The van der Waals surface area contributed by atoms with E-state index >= 15 is 0 Å². The van der Waals surface area contributed by atoms with E-state index in [0.29, 0.717) is 0 Å². The molecule has 0 radical (unpaired) electrons. The maximum Gasteiger partial charge on any atom is 0.249 e. The standard InChI is InChI=1S/C23H28N2S.BrH/c1-16-11-17(2)20(18(3)12-16)14-24-9-10-25(15-24)21-13-19(23(4,5)6)7-8-22(21)26;/h7-13,15H,14H2,1-6H3;1H. The Balaban J connectivity index is 0.00000261. The van der Waals surface area contributed by atoms with E-state index in [4.69, 9.17) is 0 Å². The molecular weight excluding hydrogens is 416 g/mol. The van der Waals surface area contributed by atoms with Gasteiger partial charge in [-0.15, -0.1) is 12.6 Å². The molecule has 1 heterocycles. The molecule has 0 amide bonds. The normalized spacial score (nSPS) is 11.4. The largest absolute Gasteiger partial charge is 1.00 e. The molecule has 0 bridgehead atoms. The number of nitrogens with zero attached hydrogens (tertiary/aromatic N) is 2. The lowest BCUT2D eigenvalue weighted by atomic mass is 9.87. The van der Waals surface area contributed by atoms with Gasteiger partial charge in [0, 0.05) is 0 Å². The monoisotopic (exact) mass is 444 g/mol. The first kappa shape index (κ1) is 21.8. The third kappa shape index (κ3) is 4.85. The van der Waals surface area contributed by atoms with Gasteiger partial charge in [0.2, 0.25) is 6.33 Å². The number of hydrogen-bond acceptors (Lipinski definition) is 1. The van der Waals surface area contributed by atoms with Crippen LogP contribution < -0.4 is 21.5 Å². The first-order valence-electron chi connectivity index (χ1n) is 9.13. The van der Waals surface area contributed by atoms with Gasteiger partial charge in [-0.25, -0.2) is 9.13 Å². The van der Waals surface area contributed by atoms with Crippen molar-refractivity contribution in [3.8, 4) is 5.69 Å². The Morgan fingerprint density at radius 2 is 1.63 bits per heavy atom. The van der Waals surface area contributed by atoms with E-state index in [-0.39, 0.29) is 22.4 Å². The molecule has 1 aromatic heterocycles. The van der Waals surface area contributed by atoms with Crippen molar-refractivity contribution < 1.29 is 21.5 Å². The van der Waals surface area contributed by atoms with Crippen molar-refractivity contribution in [3.05, 3.63) is 76.9 Å².